The van der Waals surface area contributed by atoms with E-state index in [-0.39, 0.29) is 12.5 Å². The van der Waals surface area contributed by atoms with Gasteiger partial charge in [0.2, 0.25) is 10.7 Å². The number of para-hydroxylation sites is 2. The Morgan fingerprint density at radius 3 is 2.47 bits per heavy atom. The molecule has 0 unspecified atom stereocenters. The van der Waals surface area contributed by atoms with Crippen LogP contribution in [0.4, 0.5) is 5.69 Å². The van der Waals surface area contributed by atoms with Crippen LogP contribution >= 0.6 is 12.2 Å². The van der Waals surface area contributed by atoms with Crippen LogP contribution in [-0.2, 0) is 17.9 Å². The molecule has 1 amide bonds. The van der Waals surface area contributed by atoms with Crippen LogP contribution < -0.4 is 5.32 Å². The van der Waals surface area contributed by atoms with Gasteiger partial charge >= 0.3 is 0 Å². The van der Waals surface area contributed by atoms with Crippen molar-refractivity contribution in [3.05, 3.63) is 108 Å². The van der Waals surface area contributed by atoms with Crippen molar-refractivity contribution in [2.75, 3.05) is 5.32 Å². The Labute approximate surface area is 211 Å². The molecule has 0 aliphatic heterocycles. The molecule has 2 heterocycles. The molecule has 4 aromatic carbocycles. The van der Waals surface area contributed by atoms with Crippen LogP contribution in [0.15, 0.2) is 97.1 Å². The van der Waals surface area contributed by atoms with Gasteiger partial charge in [0.25, 0.3) is 0 Å². The second kappa shape index (κ2) is 9.20. The number of aromatic nitrogens is 6. The summed E-state index contributed by atoms with van der Waals surface area (Å²) < 4.78 is 5.63. The second-order valence-corrected chi connectivity index (χ2v) is 8.70. The van der Waals surface area contributed by atoms with E-state index in [0.717, 1.165) is 33.2 Å². The maximum Gasteiger partial charge on any atom is 0.246 e. The summed E-state index contributed by atoms with van der Waals surface area (Å²) in [6.45, 7) is 0.323. The molecular weight excluding hydrogens is 470 g/mol. The molecule has 0 saturated carbocycles. The highest BCUT2D eigenvalue weighted by Gasteiger charge is 2.17. The smallest absolute Gasteiger partial charge is 0.246 e. The fraction of sp³-hybridized carbons (Fsp3) is 0.0741. The van der Waals surface area contributed by atoms with E-state index in [1.165, 1.54) is 0 Å². The predicted molar refractivity (Wildman–Crippen MR) is 142 cm³/mol. The van der Waals surface area contributed by atoms with Gasteiger partial charge in [0.05, 0.1) is 5.52 Å². The van der Waals surface area contributed by atoms with Crippen molar-refractivity contribution < 1.29 is 4.79 Å². The van der Waals surface area contributed by atoms with Gasteiger partial charge in [-0.25, -0.2) is 9.36 Å². The molecule has 36 heavy (non-hydrogen) atoms. The number of carbonyl (C=O) groups excluding carboxylic acids is 1. The number of anilines is 1. The molecule has 2 aromatic heterocycles. The topological polar surface area (TPSA) is 82.6 Å². The largest absolute Gasteiger partial charge is 0.324 e. The summed E-state index contributed by atoms with van der Waals surface area (Å²) in [4.78, 5) is 13.1. The van der Waals surface area contributed by atoms with Crippen molar-refractivity contribution >= 4 is 45.6 Å². The van der Waals surface area contributed by atoms with E-state index in [2.05, 4.69) is 15.6 Å². The summed E-state index contributed by atoms with van der Waals surface area (Å²) in [5.41, 5.74) is 3.31. The first-order valence-corrected chi connectivity index (χ1v) is 11.9. The number of amides is 1. The highest BCUT2D eigenvalue weighted by molar-refractivity contribution is 7.71. The summed E-state index contributed by atoms with van der Waals surface area (Å²) in [6.07, 6.45) is 0. The zero-order valence-electron chi connectivity index (χ0n) is 19.2. The number of hydrogen-bond acceptors (Lipinski definition) is 5. The molecule has 0 spiro atoms. The molecule has 0 radical (unpaired) electrons. The van der Waals surface area contributed by atoms with Crippen LogP contribution in [-0.4, -0.2) is 35.2 Å². The van der Waals surface area contributed by atoms with Gasteiger partial charge in [-0.1, -0.05) is 71.9 Å². The van der Waals surface area contributed by atoms with Gasteiger partial charge in [0.1, 0.15) is 18.6 Å². The Hall–Kier alpha value is -4.63. The predicted octanol–water partition coefficient (Wildman–Crippen LogP) is 4.99. The molecule has 0 fully saturated rings. The van der Waals surface area contributed by atoms with Gasteiger partial charge in [0.15, 0.2) is 5.82 Å². The molecule has 8 nitrogen and oxygen atoms in total. The Morgan fingerprint density at radius 1 is 0.833 bits per heavy atom. The third-order valence-electron chi connectivity index (χ3n) is 5.99. The van der Waals surface area contributed by atoms with Gasteiger partial charge < -0.3 is 5.32 Å². The Kier molecular flexibility index (Phi) is 5.59. The maximum absolute atomic E-state index is 13.1. The molecule has 6 rings (SSSR count). The van der Waals surface area contributed by atoms with Gasteiger partial charge in [-0.15, -0.1) is 5.10 Å². The molecule has 0 atom stereocenters. The minimum atomic E-state index is -0.210. The quantitative estimate of drug-likeness (QED) is 0.332. The van der Waals surface area contributed by atoms with Crippen molar-refractivity contribution in [2.24, 2.45) is 0 Å². The summed E-state index contributed by atoms with van der Waals surface area (Å²) in [7, 11) is 0. The Bertz CT molecular complexity index is 1760. The normalized spacial score (nSPS) is 11.2. The number of rotatable bonds is 6. The number of fused-ring (bicyclic) bond motifs is 2. The lowest BCUT2D eigenvalue weighted by molar-refractivity contribution is -0.116. The summed E-state index contributed by atoms with van der Waals surface area (Å²) in [6, 6.07) is 31.3. The first-order valence-electron chi connectivity index (χ1n) is 11.5. The molecule has 0 bridgehead atoms. The standard InChI is InChI=1S/C27H21N7OS/c35-26(28-22-15-8-10-19-9-4-5-13-21(19)22)18-33-27(36)34(20-11-2-1-3-12-20)25(30-33)17-32-24-16-7-6-14-23(24)29-31-32/h1-16H,17-18H2,(H,28,35). The molecule has 1 N–H and O–H groups in total. The lowest BCUT2D eigenvalue weighted by Crippen LogP contribution is -2.20. The number of hydrogen-bond donors (Lipinski definition) is 1. The van der Waals surface area contributed by atoms with Gasteiger partial charge in [0, 0.05) is 16.8 Å². The average Bonchev–Trinajstić information content (AvgIpc) is 3.45. The van der Waals surface area contributed by atoms with E-state index >= 15 is 0 Å². The fourth-order valence-electron chi connectivity index (χ4n) is 4.32. The molecule has 9 heteroatoms. The van der Waals surface area contributed by atoms with Crippen LogP contribution in [0.5, 0.6) is 0 Å². The Balaban J connectivity index is 1.35. The number of benzene rings is 4. The molecule has 0 aliphatic rings. The van der Waals surface area contributed by atoms with E-state index in [1.54, 1.807) is 9.36 Å². The van der Waals surface area contributed by atoms with Crippen LogP contribution in [0.3, 0.4) is 0 Å². The third-order valence-corrected chi connectivity index (χ3v) is 6.38. The zero-order valence-corrected chi connectivity index (χ0v) is 20.0. The second-order valence-electron chi connectivity index (χ2n) is 8.34. The van der Waals surface area contributed by atoms with Crippen molar-refractivity contribution in [3.8, 4) is 5.69 Å². The van der Waals surface area contributed by atoms with Gasteiger partial charge in [-0.3, -0.25) is 9.36 Å². The zero-order chi connectivity index (χ0) is 24.5. The molecule has 6 aromatic rings. The maximum atomic E-state index is 13.1. The van der Waals surface area contributed by atoms with Crippen molar-refractivity contribution in [1.29, 1.82) is 0 Å². The monoisotopic (exact) mass is 491 g/mol. The lowest BCUT2D eigenvalue weighted by atomic mass is 10.1. The van der Waals surface area contributed by atoms with Crippen LogP contribution in [0.1, 0.15) is 5.82 Å². The molecular formula is C27H21N7OS. The average molecular weight is 492 g/mol. The minimum absolute atomic E-state index is 0.0208. The number of carbonyl (C=O) groups is 1. The van der Waals surface area contributed by atoms with E-state index in [1.807, 2.05) is 102 Å². The minimum Gasteiger partial charge on any atom is -0.324 e. The summed E-state index contributed by atoms with van der Waals surface area (Å²) in [5, 5.41) is 18.3. The van der Waals surface area contributed by atoms with Gasteiger partial charge in [-0.2, -0.15) is 5.10 Å². The van der Waals surface area contributed by atoms with E-state index in [0.29, 0.717) is 17.1 Å². The van der Waals surface area contributed by atoms with E-state index in [4.69, 9.17) is 17.3 Å². The molecule has 176 valence electrons. The first-order chi connectivity index (χ1) is 17.7. The summed E-state index contributed by atoms with van der Waals surface area (Å²) in [5.74, 6) is 0.442. The molecule has 0 saturated heterocycles. The lowest BCUT2D eigenvalue weighted by Gasteiger charge is -2.09. The van der Waals surface area contributed by atoms with Crippen molar-refractivity contribution in [2.45, 2.75) is 13.1 Å². The highest BCUT2D eigenvalue weighted by atomic mass is 32.1. The van der Waals surface area contributed by atoms with Crippen LogP contribution in [0, 0.1) is 4.77 Å². The van der Waals surface area contributed by atoms with Gasteiger partial charge in [-0.05, 0) is 47.9 Å². The number of nitrogens with zero attached hydrogens (tertiary/aromatic N) is 6. The van der Waals surface area contributed by atoms with Crippen molar-refractivity contribution in [1.82, 2.24) is 29.3 Å². The van der Waals surface area contributed by atoms with E-state index in [9.17, 15) is 4.79 Å². The summed E-state index contributed by atoms with van der Waals surface area (Å²) >= 11 is 5.78. The molecule has 0 aliphatic carbocycles. The number of nitrogens with one attached hydrogen (secondary N) is 1. The van der Waals surface area contributed by atoms with E-state index < -0.39 is 0 Å². The highest BCUT2D eigenvalue weighted by Crippen LogP contribution is 2.23. The van der Waals surface area contributed by atoms with Crippen LogP contribution in [0.2, 0.25) is 0 Å². The third kappa shape index (κ3) is 4.05. The first kappa shape index (κ1) is 21.9. The fourth-order valence-corrected chi connectivity index (χ4v) is 4.64. The SMILES string of the molecule is O=C(Cn1nc(Cn2nnc3ccccc32)n(-c2ccccc2)c1=S)Nc1cccc2ccccc12. The van der Waals surface area contributed by atoms with Crippen LogP contribution in [0.25, 0.3) is 27.5 Å². The van der Waals surface area contributed by atoms with Crippen molar-refractivity contribution in [3.63, 3.8) is 0 Å². The Morgan fingerprint density at radius 2 is 1.58 bits per heavy atom.